The van der Waals surface area contributed by atoms with Crippen molar-refractivity contribution in [1.82, 2.24) is 4.90 Å². The molecule has 0 radical (unpaired) electrons. The normalized spacial score (nSPS) is 19.6. The number of nitrogens with zero attached hydrogens (tertiary/aromatic N) is 1. The number of piperidine rings is 1. The molecule has 2 rings (SSSR count). The molecule has 1 heterocycles. The molecule has 2 N–H and O–H groups in total. The number of likely N-dealkylation sites (tertiary alicyclic amines) is 1. The van der Waals surface area contributed by atoms with E-state index in [9.17, 15) is 4.79 Å². The molecule has 0 saturated carbocycles. The maximum Gasteiger partial charge on any atom is 0.239 e. The summed E-state index contributed by atoms with van der Waals surface area (Å²) < 4.78 is 5.87. The Morgan fingerprint density at radius 2 is 2.14 bits per heavy atom. The monoisotopic (exact) mass is 352 g/mol. The highest BCUT2D eigenvalue weighted by atomic mass is 35.5. The smallest absolute Gasteiger partial charge is 0.239 e. The number of carbonyl (C=O) groups excluding carboxylic acids is 1. The summed E-state index contributed by atoms with van der Waals surface area (Å²) in [5.74, 6) is 0.631. The third kappa shape index (κ3) is 4.92. The Balaban J connectivity index is 0.00000220. The molecule has 4 nitrogen and oxygen atoms in total. The second-order valence-corrected chi connectivity index (χ2v) is 5.85. The number of amides is 1. The molecule has 2 atom stereocenters. The molecule has 1 amide bonds. The number of hydrogen-bond donors (Lipinski definition) is 1. The number of carbonyl (C=O) groups is 1. The van der Waals surface area contributed by atoms with Crippen LogP contribution in [0.3, 0.4) is 0 Å². The molecule has 7 heteroatoms. The fraction of sp³-hybridized carbons (Fsp3) is 0.500. The lowest BCUT2D eigenvalue weighted by atomic mass is 10.1. The Kier molecular flexibility index (Phi) is 7.07. The van der Waals surface area contributed by atoms with Crippen LogP contribution in [-0.4, -0.2) is 36.0 Å². The molecule has 118 valence electrons. The molecule has 1 aromatic rings. The fourth-order valence-corrected chi connectivity index (χ4v) is 2.55. The average Bonchev–Trinajstić information content (AvgIpc) is 2.42. The molecular formula is C14H19Cl3N2O2. The summed E-state index contributed by atoms with van der Waals surface area (Å²) in [6.07, 6.45) is 1.77. The summed E-state index contributed by atoms with van der Waals surface area (Å²) in [7, 11) is 0. The molecule has 1 aliphatic rings. The van der Waals surface area contributed by atoms with Crippen LogP contribution in [0.25, 0.3) is 0 Å². The highest BCUT2D eigenvalue weighted by Gasteiger charge is 2.26. The van der Waals surface area contributed by atoms with Crippen LogP contribution >= 0.6 is 35.6 Å². The van der Waals surface area contributed by atoms with Crippen molar-refractivity contribution in [3.8, 4) is 5.75 Å². The van der Waals surface area contributed by atoms with Gasteiger partial charge in [0.1, 0.15) is 11.9 Å². The molecular weight excluding hydrogens is 335 g/mol. The Hall–Kier alpha value is -0.680. The number of hydrogen-bond acceptors (Lipinski definition) is 3. The molecule has 1 fully saturated rings. The van der Waals surface area contributed by atoms with E-state index >= 15 is 0 Å². The maximum absolute atomic E-state index is 11.9. The summed E-state index contributed by atoms with van der Waals surface area (Å²) in [5, 5.41) is 0.958. The second kappa shape index (κ2) is 8.08. The average molecular weight is 354 g/mol. The number of nitrogens with two attached hydrogens (primary N) is 1. The van der Waals surface area contributed by atoms with Crippen molar-refractivity contribution in [2.24, 2.45) is 5.73 Å². The predicted molar refractivity (Wildman–Crippen MR) is 87.6 cm³/mol. The van der Waals surface area contributed by atoms with Gasteiger partial charge in [-0.25, -0.2) is 0 Å². The first-order chi connectivity index (χ1) is 9.47. The van der Waals surface area contributed by atoms with Gasteiger partial charge in [-0.15, -0.1) is 12.4 Å². The van der Waals surface area contributed by atoms with E-state index in [0.717, 1.165) is 19.4 Å². The number of benzene rings is 1. The largest absolute Gasteiger partial charge is 0.489 e. The van der Waals surface area contributed by atoms with Crippen LogP contribution in [0.4, 0.5) is 0 Å². The van der Waals surface area contributed by atoms with Crippen molar-refractivity contribution in [3.05, 3.63) is 28.2 Å². The molecule has 1 unspecified atom stereocenters. The van der Waals surface area contributed by atoms with Crippen molar-refractivity contribution >= 4 is 41.5 Å². The highest BCUT2D eigenvalue weighted by molar-refractivity contribution is 6.42. The van der Waals surface area contributed by atoms with Gasteiger partial charge in [0.05, 0.1) is 22.6 Å². The van der Waals surface area contributed by atoms with Crippen LogP contribution in [0.1, 0.15) is 19.8 Å². The van der Waals surface area contributed by atoms with Crippen molar-refractivity contribution in [1.29, 1.82) is 0 Å². The van der Waals surface area contributed by atoms with Gasteiger partial charge in [0.2, 0.25) is 5.91 Å². The van der Waals surface area contributed by atoms with E-state index in [1.165, 1.54) is 0 Å². The molecule has 1 aromatic carbocycles. The summed E-state index contributed by atoms with van der Waals surface area (Å²) in [6, 6.07) is 4.70. The van der Waals surface area contributed by atoms with Gasteiger partial charge >= 0.3 is 0 Å². The van der Waals surface area contributed by atoms with Crippen molar-refractivity contribution in [3.63, 3.8) is 0 Å². The standard InChI is InChI=1S/C14H18Cl2N2O2.ClH/c1-9(17)14(19)18-6-2-3-11(8-18)20-10-4-5-12(15)13(16)7-10;/h4-5,7,9,11H,2-3,6,8,17H2,1H3;1H/t9-,11?;/m0./s1. The molecule has 0 aromatic heterocycles. The Bertz CT molecular complexity index is 497. The van der Waals surface area contributed by atoms with Crippen LogP contribution in [0.2, 0.25) is 10.0 Å². The van der Waals surface area contributed by atoms with E-state index < -0.39 is 6.04 Å². The van der Waals surface area contributed by atoms with Gasteiger partial charge in [0, 0.05) is 12.6 Å². The van der Waals surface area contributed by atoms with Crippen LogP contribution in [-0.2, 0) is 4.79 Å². The van der Waals surface area contributed by atoms with Crippen LogP contribution in [0.5, 0.6) is 5.75 Å². The number of ether oxygens (including phenoxy) is 1. The minimum absolute atomic E-state index is 0. The lowest BCUT2D eigenvalue weighted by Gasteiger charge is -2.33. The van der Waals surface area contributed by atoms with Crippen molar-refractivity contribution in [2.75, 3.05) is 13.1 Å². The van der Waals surface area contributed by atoms with Gasteiger partial charge in [-0.1, -0.05) is 23.2 Å². The van der Waals surface area contributed by atoms with E-state index in [2.05, 4.69) is 0 Å². The zero-order valence-electron chi connectivity index (χ0n) is 11.7. The lowest BCUT2D eigenvalue weighted by Crippen LogP contribution is -2.49. The molecule has 21 heavy (non-hydrogen) atoms. The predicted octanol–water partition coefficient (Wildman–Crippen LogP) is 3.13. The zero-order valence-corrected chi connectivity index (χ0v) is 14.0. The Morgan fingerprint density at radius 1 is 1.43 bits per heavy atom. The molecule has 1 aliphatic heterocycles. The summed E-state index contributed by atoms with van der Waals surface area (Å²) in [5.41, 5.74) is 5.64. The SMILES string of the molecule is C[C@H](N)C(=O)N1CCCC(Oc2ccc(Cl)c(Cl)c2)C1.Cl. The molecule has 1 saturated heterocycles. The fourth-order valence-electron chi connectivity index (χ4n) is 2.27. The van der Waals surface area contributed by atoms with E-state index in [1.54, 1.807) is 30.0 Å². The maximum atomic E-state index is 11.9. The van der Waals surface area contributed by atoms with Crippen LogP contribution in [0, 0.1) is 0 Å². The van der Waals surface area contributed by atoms with Crippen LogP contribution in [0.15, 0.2) is 18.2 Å². The summed E-state index contributed by atoms with van der Waals surface area (Å²) in [6.45, 7) is 2.99. The van der Waals surface area contributed by atoms with Gasteiger partial charge in [-0.05, 0) is 31.9 Å². The number of halogens is 3. The third-order valence-electron chi connectivity index (χ3n) is 3.27. The van der Waals surface area contributed by atoms with E-state index in [4.69, 9.17) is 33.7 Å². The van der Waals surface area contributed by atoms with Gasteiger partial charge in [-0.2, -0.15) is 0 Å². The second-order valence-electron chi connectivity index (χ2n) is 5.03. The Labute approximate surface area is 140 Å². The summed E-state index contributed by atoms with van der Waals surface area (Å²) in [4.78, 5) is 13.7. The van der Waals surface area contributed by atoms with E-state index in [1.807, 2.05) is 0 Å². The Morgan fingerprint density at radius 3 is 2.76 bits per heavy atom. The topological polar surface area (TPSA) is 55.6 Å². The first-order valence-corrected chi connectivity index (χ1v) is 7.39. The van der Waals surface area contributed by atoms with Gasteiger partial charge in [-0.3, -0.25) is 4.79 Å². The minimum atomic E-state index is -0.473. The lowest BCUT2D eigenvalue weighted by molar-refractivity contribution is -0.134. The van der Waals surface area contributed by atoms with Gasteiger partial charge in [0.25, 0.3) is 0 Å². The third-order valence-corrected chi connectivity index (χ3v) is 4.01. The minimum Gasteiger partial charge on any atom is -0.489 e. The van der Waals surface area contributed by atoms with E-state index in [-0.39, 0.29) is 24.4 Å². The van der Waals surface area contributed by atoms with Gasteiger partial charge < -0.3 is 15.4 Å². The molecule has 0 aliphatic carbocycles. The quantitative estimate of drug-likeness (QED) is 0.908. The summed E-state index contributed by atoms with van der Waals surface area (Å²) >= 11 is 11.8. The van der Waals surface area contributed by atoms with Gasteiger partial charge in [0.15, 0.2) is 0 Å². The first kappa shape index (κ1) is 18.4. The van der Waals surface area contributed by atoms with Crippen LogP contribution < -0.4 is 10.5 Å². The van der Waals surface area contributed by atoms with E-state index in [0.29, 0.717) is 22.3 Å². The molecule has 0 spiro atoms. The van der Waals surface area contributed by atoms with Crippen molar-refractivity contribution < 1.29 is 9.53 Å². The molecule has 0 bridgehead atoms. The highest BCUT2D eigenvalue weighted by Crippen LogP contribution is 2.28. The first-order valence-electron chi connectivity index (χ1n) is 6.63. The van der Waals surface area contributed by atoms with Crippen molar-refractivity contribution in [2.45, 2.75) is 31.9 Å². The zero-order chi connectivity index (χ0) is 14.7. The number of rotatable bonds is 3.